The summed E-state index contributed by atoms with van der Waals surface area (Å²) in [5, 5.41) is 3.76. The molecule has 0 bridgehead atoms. The third kappa shape index (κ3) is 4.84. The van der Waals surface area contributed by atoms with Crippen LogP contribution in [0.15, 0.2) is 0 Å². The first-order valence-corrected chi connectivity index (χ1v) is 6.88. The summed E-state index contributed by atoms with van der Waals surface area (Å²) in [5.74, 6) is 1.72. The second-order valence-electron chi connectivity index (χ2n) is 6.27. The van der Waals surface area contributed by atoms with Gasteiger partial charge in [-0.25, -0.2) is 0 Å². The lowest BCUT2D eigenvalue weighted by Crippen LogP contribution is -2.42. The number of rotatable bonds is 6. The minimum Gasteiger partial charge on any atom is -0.312 e. The highest BCUT2D eigenvalue weighted by molar-refractivity contribution is 4.81. The van der Waals surface area contributed by atoms with Gasteiger partial charge in [0.15, 0.2) is 0 Å². The van der Waals surface area contributed by atoms with Gasteiger partial charge in [0.25, 0.3) is 0 Å². The molecule has 0 radical (unpaired) electrons. The van der Waals surface area contributed by atoms with E-state index in [0.29, 0.717) is 6.04 Å². The number of nitrogens with one attached hydrogen (secondary N) is 1. The van der Waals surface area contributed by atoms with E-state index >= 15 is 0 Å². The van der Waals surface area contributed by atoms with Crippen LogP contribution in [0.4, 0.5) is 0 Å². The maximum atomic E-state index is 3.76. The Kier molecular flexibility index (Phi) is 5.77. The quantitative estimate of drug-likeness (QED) is 0.749. The van der Waals surface area contributed by atoms with E-state index in [-0.39, 0.29) is 0 Å². The third-order valence-corrected chi connectivity index (χ3v) is 3.81. The summed E-state index contributed by atoms with van der Waals surface area (Å²) in [6.07, 6.45) is 5.46. The Morgan fingerprint density at radius 1 is 1.25 bits per heavy atom. The molecule has 0 aromatic carbocycles. The van der Waals surface area contributed by atoms with Crippen molar-refractivity contribution in [2.75, 3.05) is 20.6 Å². The van der Waals surface area contributed by atoms with Gasteiger partial charge in [-0.1, -0.05) is 20.8 Å². The smallest absolute Gasteiger partial charge is 0.0217 e. The summed E-state index contributed by atoms with van der Waals surface area (Å²) >= 11 is 0. The largest absolute Gasteiger partial charge is 0.312 e. The number of nitrogens with zero attached hydrogens (tertiary/aromatic N) is 1. The van der Waals surface area contributed by atoms with Gasteiger partial charge < -0.3 is 10.2 Å². The van der Waals surface area contributed by atoms with Crippen LogP contribution in [0.1, 0.15) is 46.5 Å². The van der Waals surface area contributed by atoms with Crippen LogP contribution in [0.3, 0.4) is 0 Å². The molecule has 16 heavy (non-hydrogen) atoms. The Labute approximate surface area is 102 Å². The number of hydrogen-bond acceptors (Lipinski definition) is 2. The fraction of sp³-hybridized carbons (Fsp3) is 1.00. The Balaban J connectivity index is 2.26. The van der Waals surface area contributed by atoms with Crippen molar-refractivity contribution < 1.29 is 0 Å². The van der Waals surface area contributed by atoms with Gasteiger partial charge in [-0.3, -0.25) is 0 Å². The van der Waals surface area contributed by atoms with Crippen molar-refractivity contribution in [1.29, 1.82) is 0 Å². The van der Waals surface area contributed by atoms with Gasteiger partial charge in [0.05, 0.1) is 0 Å². The summed E-state index contributed by atoms with van der Waals surface area (Å²) < 4.78 is 0. The summed E-state index contributed by atoms with van der Waals surface area (Å²) in [6.45, 7) is 8.16. The van der Waals surface area contributed by atoms with Crippen LogP contribution >= 0.6 is 0 Å². The van der Waals surface area contributed by atoms with Gasteiger partial charge in [0.2, 0.25) is 0 Å². The molecule has 0 heterocycles. The third-order valence-electron chi connectivity index (χ3n) is 3.81. The van der Waals surface area contributed by atoms with Crippen LogP contribution in [-0.4, -0.2) is 37.6 Å². The second kappa shape index (κ2) is 6.61. The summed E-state index contributed by atoms with van der Waals surface area (Å²) in [4.78, 5) is 2.37. The van der Waals surface area contributed by atoms with Gasteiger partial charge >= 0.3 is 0 Å². The van der Waals surface area contributed by atoms with E-state index in [4.69, 9.17) is 0 Å². The number of likely N-dealkylation sites (N-methyl/N-ethyl adjacent to an activating group) is 1. The van der Waals surface area contributed by atoms with E-state index in [1.54, 1.807) is 0 Å². The normalized spacial score (nSPS) is 27.9. The lowest BCUT2D eigenvalue weighted by molar-refractivity contribution is 0.240. The van der Waals surface area contributed by atoms with Crippen LogP contribution in [-0.2, 0) is 0 Å². The molecule has 1 N–H and O–H groups in total. The van der Waals surface area contributed by atoms with Gasteiger partial charge in [0, 0.05) is 18.6 Å². The maximum absolute atomic E-state index is 3.76. The fourth-order valence-electron chi connectivity index (χ4n) is 2.72. The van der Waals surface area contributed by atoms with Crippen LogP contribution in [0.2, 0.25) is 0 Å². The molecular weight excluding hydrogens is 196 g/mol. The minimum absolute atomic E-state index is 0.691. The van der Waals surface area contributed by atoms with Gasteiger partial charge in [0.1, 0.15) is 0 Å². The zero-order valence-corrected chi connectivity index (χ0v) is 11.8. The summed E-state index contributed by atoms with van der Waals surface area (Å²) in [6, 6.07) is 1.47. The van der Waals surface area contributed by atoms with Crippen molar-refractivity contribution in [3.63, 3.8) is 0 Å². The van der Waals surface area contributed by atoms with E-state index < -0.39 is 0 Å². The average molecular weight is 226 g/mol. The molecule has 1 saturated carbocycles. The molecule has 2 nitrogen and oxygen atoms in total. The van der Waals surface area contributed by atoms with Crippen LogP contribution < -0.4 is 5.32 Å². The van der Waals surface area contributed by atoms with Gasteiger partial charge in [-0.05, 0) is 51.6 Å². The Hall–Kier alpha value is -0.0800. The molecule has 3 unspecified atom stereocenters. The van der Waals surface area contributed by atoms with Crippen molar-refractivity contribution in [2.24, 2.45) is 11.8 Å². The molecule has 0 aromatic heterocycles. The highest BCUT2D eigenvalue weighted by Gasteiger charge is 2.22. The zero-order chi connectivity index (χ0) is 12.1. The topological polar surface area (TPSA) is 15.3 Å². The minimum atomic E-state index is 0.691. The molecule has 1 fully saturated rings. The van der Waals surface area contributed by atoms with Gasteiger partial charge in [-0.2, -0.15) is 0 Å². The van der Waals surface area contributed by atoms with Crippen molar-refractivity contribution in [3.05, 3.63) is 0 Å². The monoisotopic (exact) mass is 226 g/mol. The Morgan fingerprint density at radius 3 is 2.38 bits per heavy atom. The molecule has 96 valence electrons. The van der Waals surface area contributed by atoms with Gasteiger partial charge in [-0.15, -0.1) is 0 Å². The molecule has 1 aliphatic carbocycles. The van der Waals surface area contributed by atoms with Crippen molar-refractivity contribution in [2.45, 2.75) is 58.5 Å². The molecule has 0 amide bonds. The summed E-state index contributed by atoms with van der Waals surface area (Å²) in [7, 11) is 4.40. The van der Waals surface area contributed by atoms with Crippen LogP contribution in [0.5, 0.6) is 0 Å². The molecule has 0 aliphatic heterocycles. The van der Waals surface area contributed by atoms with E-state index in [0.717, 1.165) is 24.4 Å². The van der Waals surface area contributed by atoms with Crippen molar-refractivity contribution in [3.8, 4) is 0 Å². The molecule has 0 aromatic rings. The molecule has 3 atom stereocenters. The highest BCUT2D eigenvalue weighted by Crippen LogP contribution is 2.24. The van der Waals surface area contributed by atoms with Crippen molar-refractivity contribution >= 4 is 0 Å². The molecule has 2 heteroatoms. The van der Waals surface area contributed by atoms with E-state index in [1.165, 1.54) is 25.7 Å². The summed E-state index contributed by atoms with van der Waals surface area (Å²) in [5.41, 5.74) is 0. The molecule has 1 aliphatic rings. The second-order valence-corrected chi connectivity index (χ2v) is 6.27. The average Bonchev–Trinajstić information content (AvgIpc) is 2.58. The zero-order valence-electron chi connectivity index (χ0n) is 11.8. The van der Waals surface area contributed by atoms with Crippen LogP contribution in [0.25, 0.3) is 0 Å². The first kappa shape index (κ1) is 14.0. The number of hydrogen-bond donors (Lipinski definition) is 1. The standard InChI is InChI=1S/C14H30N2/c1-11(2)8-14(16(4)5)10-15-13-7-6-12(3)9-13/h11-15H,6-10H2,1-5H3. The predicted molar refractivity (Wildman–Crippen MR) is 71.7 cm³/mol. The molecule has 0 saturated heterocycles. The highest BCUT2D eigenvalue weighted by atomic mass is 15.1. The SMILES string of the molecule is CC(C)CC(CNC1CCC(C)C1)N(C)C. The Morgan fingerprint density at radius 2 is 1.94 bits per heavy atom. The molecular formula is C14H30N2. The molecule has 1 rings (SSSR count). The van der Waals surface area contributed by atoms with E-state index in [2.05, 4.69) is 45.1 Å². The lowest BCUT2D eigenvalue weighted by Gasteiger charge is -2.27. The lowest BCUT2D eigenvalue weighted by atomic mass is 10.0. The first-order valence-electron chi connectivity index (χ1n) is 6.88. The van der Waals surface area contributed by atoms with E-state index in [9.17, 15) is 0 Å². The Bertz CT molecular complexity index is 189. The maximum Gasteiger partial charge on any atom is 0.0217 e. The predicted octanol–water partition coefficient (Wildman–Crippen LogP) is 2.74. The van der Waals surface area contributed by atoms with Crippen molar-refractivity contribution in [1.82, 2.24) is 10.2 Å². The fourth-order valence-corrected chi connectivity index (χ4v) is 2.72. The molecule has 0 spiro atoms. The van der Waals surface area contributed by atoms with E-state index in [1.807, 2.05) is 0 Å². The van der Waals surface area contributed by atoms with Crippen LogP contribution in [0, 0.1) is 11.8 Å². The first-order chi connectivity index (χ1) is 7.49.